The molecule has 150 valence electrons. The third-order valence-corrected chi connectivity index (χ3v) is 5.11. The van der Waals surface area contributed by atoms with Gasteiger partial charge in [-0.3, -0.25) is 0 Å². The second-order valence-electron chi connectivity index (χ2n) is 5.90. The lowest BCUT2D eigenvalue weighted by Crippen LogP contribution is -2.20. The van der Waals surface area contributed by atoms with E-state index in [4.69, 9.17) is 14.2 Å². The van der Waals surface area contributed by atoms with Crippen molar-refractivity contribution in [3.8, 4) is 17.2 Å². The first kappa shape index (κ1) is 20.4. The van der Waals surface area contributed by atoms with Gasteiger partial charge in [0.1, 0.15) is 0 Å². The molecule has 0 spiro atoms. The van der Waals surface area contributed by atoms with E-state index in [0.29, 0.717) is 28.6 Å². The summed E-state index contributed by atoms with van der Waals surface area (Å²) < 4.78 is 16.0. The van der Waals surface area contributed by atoms with E-state index in [1.54, 1.807) is 23.9 Å². The van der Waals surface area contributed by atoms with Crippen molar-refractivity contribution in [1.29, 1.82) is 0 Å². The van der Waals surface area contributed by atoms with Gasteiger partial charge in [0.05, 0.1) is 32.7 Å². The highest BCUT2D eigenvalue weighted by molar-refractivity contribution is 7.99. The fourth-order valence-electron chi connectivity index (χ4n) is 2.71. The molecule has 0 aliphatic carbocycles. The number of anilines is 2. The monoisotopic (exact) mass is 410 g/mol. The van der Waals surface area contributed by atoms with Gasteiger partial charge in [0.2, 0.25) is 5.75 Å². The van der Waals surface area contributed by atoms with E-state index in [9.17, 15) is 4.79 Å². The summed E-state index contributed by atoms with van der Waals surface area (Å²) >= 11 is 1.58. The second kappa shape index (κ2) is 9.75. The molecule has 0 radical (unpaired) electrons. The van der Waals surface area contributed by atoms with E-state index >= 15 is 0 Å². The average molecular weight is 410 g/mol. The Kier molecular flexibility index (Phi) is 6.86. The minimum atomic E-state index is -0.375. The number of methoxy groups -OCH3 is 3. The molecular weight excluding hydrogens is 388 g/mol. The first-order valence-corrected chi connectivity index (χ1v) is 9.66. The van der Waals surface area contributed by atoms with Crippen molar-refractivity contribution in [3.63, 3.8) is 0 Å². The van der Waals surface area contributed by atoms with Crippen LogP contribution in [-0.4, -0.2) is 27.4 Å². The number of rotatable bonds is 7. The molecule has 2 amide bonds. The molecule has 0 aliphatic rings. The highest BCUT2D eigenvalue weighted by Gasteiger charge is 2.15. The molecule has 0 saturated carbocycles. The predicted octanol–water partition coefficient (Wildman–Crippen LogP) is 5.51. The van der Waals surface area contributed by atoms with Crippen LogP contribution < -0.4 is 24.8 Å². The van der Waals surface area contributed by atoms with Crippen molar-refractivity contribution in [2.45, 2.75) is 9.79 Å². The number of urea groups is 1. The summed E-state index contributed by atoms with van der Waals surface area (Å²) in [7, 11) is 4.58. The van der Waals surface area contributed by atoms with Crippen molar-refractivity contribution < 1.29 is 19.0 Å². The lowest BCUT2D eigenvalue weighted by molar-refractivity contribution is 0.262. The maximum atomic E-state index is 12.6. The van der Waals surface area contributed by atoms with Gasteiger partial charge in [-0.2, -0.15) is 0 Å². The second-order valence-corrected chi connectivity index (χ2v) is 7.02. The Balaban J connectivity index is 1.76. The van der Waals surface area contributed by atoms with Crippen molar-refractivity contribution in [3.05, 3.63) is 66.7 Å². The normalized spacial score (nSPS) is 10.2. The summed E-state index contributed by atoms with van der Waals surface area (Å²) in [5, 5.41) is 5.71. The topological polar surface area (TPSA) is 68.8 Å². The van der Waals surface area contributed by atoms with Crippen molar-refractivity contribution in [1.82, 2.24) is 0 Å². The zero-order chi connectivity index (χ0) is 20.6. The number of nitrogens with one attached hydrogen (secondary N) is 2. The number of benzene rings is 3. The number of hydrogen-bond acceptors (Lipinski definition) is 5. The van der Waals surface area contributed by atoms with Crippen LogP contribution in [0.15, 0.2) is 76.5 Å². The zero-order valence-corrected chi connectivity index (χ0v) is 17.2. The van der Waals surface area contributed by atoms with Gasteiger partial charge in [-0.15, -0.1) is 0 Å². The number of carbonyl (C=O) groups is 1. The number of carbonyl (C=O) groups excluding carboxylic acids is 1. The van der Waals surface area contributed by atoms with E-state index in [0.717, 1.165) is 9.79 Å². The van der Waals surface area contributed by atoms with Crippen LogP contribution in [0.25, 0.3) is 0 Å². The van der Waals surface area contributed by atoms with Gasteiger partial charge in [0, 0.05) is 21.9 Å². The smallest absolute Gasteiger partial charge is 0.323 e. The Hall–Kier alpha value is -3.32. The Morgan fingerprint density at radius 3 is 2.03 bits per heavy atom. The van der Waals surface area contributed by atoms with Gasteiger partial charge in [0.25, 0.3) is 0 Å². The molecule has 0 unspecified atom stereocenters. The quantitative estimate of drug-likeness (QED) is 0.538. The van der Waals surface area contributed by atoms with Crippen LogP contribution in [0.4, 0.5) is 16.2 Å². The molecule has 0 bridgehead atoms. The van der Waals surface area contributed by atoms with Gasteiger partial charge in [0.15, 0.2) is 11.5 Å². The van der Waals surface area contributed by atoms with Crippen LogP contribution in [0.1, 0.15) is 0 Å². The third kappa shape index (κ3) is 5.14. The molecule has 3 rings (SSSR count). The number of ether oxygens (including phenoxy) is 3. The minimum absolute atomic E-state index is 0.375. The number of amides is 2. The molecule has 0 aromatic heterocycles. The van der Waals surface area contributed by atoms with Crippen LogP contribution in [0, 0.1) is 0 Å². The van der Waals surface area contributed by atoms with Gasteiger partial charge in [-0.05, 0) is 24.3 Å². The summed E-state index contributed by atoms with van der Waals surface area (Å²) in [4.78, 5) is 14.6. The highest BCUT2D eigenvalue weighted by atomic mass is 32.2. The number of hydrogen-bond donors (Lipinski definition) is 2. The van der Waals surface area contributed by atoms with E-state index in [1.165, 1.54) is 21.3 Å². The third-order valence-electron chi connectivity index (χ3n) is 4.03. The van der Waals surface area contributed by atoms with Crippen molar-refractivity contribution in [2.24, 2.45) is 0 Å². The fourth-order valence-corrected chi connectivity index (χ4v) is 3.64. The van der Waals surface area contributed by atoms with E-state index in [-0.39, 0.29) is 6.03 Å². The summed E-state index contributed by atoms with van der Waals surface area (Å²) in [5.74, 6) is 1.38. The summed E-state index contributed by atoms with van der Waals surface area (Å²) in [5.41, 5.74) is 1.23. The molecule has 2 N–H and O–H groups in total. The van der Waals surface area contributed by atoms with Crippen LogP contribution in [0.2, 0.25) is 0 Å². The van der Waals surface area contributed by atoms with Crippen LogP contribution in [0.3, 0.4) is 0 Å². The first-order chi connectivity index (χ1) is 14.1. The minimum Gasteiger partial charge on any atom is -0.493 e. The van der Waals surface area contributed by atoms with E-state index < -0.39 is 0 Å². The molecule has 7 heteroatoms. The lowest BCUT2D eigenvalue weighted by Gasteiger charge is -2.15. The van der Waals surface area contributed by atoms with E-state index in [1.807, 2.05) is 54.6 Å². The Bertz CT molecular complexity index is 955. The molecular formula is C22H22N2O4S. The predicted molar refractivity (Wildman–Crippen MR) is 116 cm³/mol. The fraction of sp³-hybridized carbons (Fsp3) is 0.136. The first-order valence-electron chi connectivity index (χ1n) is 8.84. The molecule has 0 fully saturated rings. The van der Waals surface area contributed by atoms with Crippen LogP contribution in [-0.2, 0) is 0 Å². The standard InChI is InChI=1S/C22H22N2O4S/c1-26-18-13-15(14-19(27-2)21(18)28-3)23-22(25)24-17-11-7-8-12-20(17)29-16-9-5-4-6-10-16/h4-14H,1-3H3,(H2,23,24,25). The van der Waals surface area contributed by atoms with Gasteiger partial charge < -0.3 is 24.8 Å². The van der Waals surface area contributed by atoms with Gasteiger partial charge in [-0.1, -0.05) is 42.1 Å². The van der Waals surface area contributed by atoms with E-state index in [2.05, 4.69) is 10.6 Å². The summed E-state index contributed by atoms with van der Waals surface area (Å²) in [6.45, 7) is 0. The van der Waals surface area contributed by atoms with Crippen LogP contribution >= 0.6 is 11.8 Å². The molecule has 0 atom stereocenters. The molecule has 3 aromatic rings. The van der Waals surface area contributed by atoms with Gasteiger partial charge in [-0.25, -0.2) is 4.79 Å². The zero-order valence-electron chi connectivity index (χ0n) is 16.4. The molecule has 6 nitrogen and oxygen atoms in total. The Morgan fingerprint density at radius 1 is 0.793 bits per heavy atom. The molecule has 0 heterocycles. The maximum absolute atomic E-state index is 12.6. The Morgan fingerprint density at radius 2 is 1.41 bits per heavy atom. The summed E-state index contributed by atoms with van der Waals surface area (Å²) in [6, 6.07) is 20.6. The lowest BCUT2D eigenvalue weighted by atomic mass is 10.2. The Labute approximate surface area is 174 Å². The summed E-state index contributed by atoms with van der Waals surface area (Å²) in [6.07, 6.45) is 0. The molecule has 29 heavy (non-hydrogen) atoms. The average Bonchev–Trinajstić information content (AvgIpc) is 2.75. The number of para-hydroxylation sites is 1. The van der Waals surface area contributed by atoms with Crippen LogP contribution in [0.5, 0.6) is 17.2 Å². The van der Waals surface area contributed by atoms with Crippen molar-refractivity contribution in [2.75, 3.05) is 32.0 Å². The SMILES string of the molecule is COc1cc(NC(=O)Nc2ccccc2Sc2ccccc2)cc(OC)c1OC. The largest absolute Gasteiger partial charge is 0.493 e. The molecule has 0 aliphatic heterocycles. The molecule has 3 aromatic carbocycles. The highest BCUT2D eigenvalue weighted by Crippen LogP contribution is 2.40. The van der Waals surface area contributed by atoms with Crippen molar-refractivity contribution >= 4 is 29.2 Å². The van der Waals surface area contributed by atoms with Gasteiger partial charge >= 0.3 is 6.03 Å². The maximum Gasteiger partial charge on any atom is 0.323 e. The molecule has 0 saturated heterocycles.